The van der Waals surface area contributed by atoms with Gasteiger partial charge in [-0.25, -0.2) is 0 Å². The molecule has 116 valence electrons. The highest BCUT2D eigenvalue weighted by Crippen LogP contribution is 2.22. The van der Waals surface area contributed by atoms with Gasteiger partial charge >= 0.3 is 5.97 Å². The molecule has 0 saturated heterocycles. The molecule has 0 spiro atoms. The zero-order valence-electron chi connectivity index (χ0n) is 13.0. The third-order valence-electron chi connectivity index (χ3n) is 3.26. The van der Waals surface area contributed by atoms with E-state index in [1.807, 2.05) is 26.8 Å². The molecule has 0 aliphatic heterocycles. The Bertz CT molecular complexity index is 511. The number of methoxy groups -OCH3 is 1. The van der Waals surface area contributed by atoms with Gasteiger partial charge in [-0.15, -0.1) is 0 Å². The average Bonchev–Trinajstić information content (AvgIpc) is 2.42. The molecule has 0 atom stereocenters. The van der Waals surface area contributed by atoms with Crippen molar-refractivity contribution >= 4 is 11.9 Å². The fourth-order valence-electron chi connectivity index (χ4n) is 2.14. The van der Waals surface area contributed by atoms with Crippen molar-refractivity contribution in [3.63, 3.8) is 0 Å². The van der Waals surface area contributed by atoms with Crippen LogP contribution < -0.4 is 4.74 Å². The molecule has 0 heterocycles. The van der Waals surface area contributed by atoms with Crippen LogP contribution in [-0.4, -0.2) is 41.6 Å². The number of carboxylic acid groups (broad SMARTS) is 1. The lowest BCUT2D eigenvalue weighted by Crippen LogP contribution is -2.38. The summed E-state index contributed by atoms with van der Waals surface area (Å²) in [6.07, 6.45) is 0.495. The first-order valence-electron chi connectivity index (χ1n) is 7.04. The van der Waals surface area contributed by atoms with E-state index in [9.17, 15) is 9.59 Å². The van der Waals surface area contributed by atoms with Gasteiger partial charge in [0.25, 0.3) is 5.91 Å². The number of rotatable bonds is 7. The number of hydrogen-bond acceptors (Lipinski definition) is 3. The second-order valence-electron chi connectivity index (χ2n) is 5.29. The molecule has 1 aromatic carbocycles. The fraction of sp³-hybridized carbons (Fsp3) is 0.500. The molecule has 0 saturated carbocycles. The van der Waals surface area contributed by atoms with Crippen LogP contribution in [0, 0.1) is 6.92 Å². The van der Waals surface area contributed by atoms with Gasteiger partial charge in [-0.3, -0.25) is 9.59 Å². The molecule has 0 radical (unpaired) electrons. The van der Waals surface area contributed by atoms with E-state index in [2.05, 4.69) is 0 Å². The number of aliphatic carboxylic acids is 1. The highest BCUT2D eigenvalue weighted by Gasteiger charge is 2.22. The summed E-state index contributed by atoms with van der Waals surface area (Å²) >= 11 is 0. The lowest BCUT2D eigenvalue weighted by molar-refractivity contribution is -0.137. The van der Waals surface area contributed by atoms with Crippen molar-refractivity contribution in [2.45, 2.75) is 39.7 Å². The maximum absolute atomic E-state index is 12.7. The summed E-state index contributed by atoms with van der Waals surface area (Å²) in [6.45, 7) is 6.17. The number of ether oxygens (including phenoxy) is 1. The van der Waals surface area contributed by atoms with E-state index in [0.29, 0.717) is 24.3 Å². The minimum atomic E-state index is -0.848. The molecule has 5 nitrogen and oxygen atoms in total. The number of hydrogen-bond donors (Lipinski definition) is 1. The third kappa shape index (κ3) is 4.77. The van der Waals surface area contributed by atoms with E-state index in [0.717, 1.165) is 5.56 Å². The molecule has 1 rings (SSSR count). The number of carbonyl (C=O) groups excluding carboxylic acids is 1. The molecule has 1 N–H and O–H groups in total. The fourth-order valence-corrected chi connectivity index (χ4v) is 2.14. The summed E-state index contributed by atoms with van der Waals surface area (Å²) in [4.78, 5) is 25.0. The van der Waals surface area contributed by atoms with Crippen molar-refractivity contribution in [1.29, 1.82) is 0 Å². The van der Waals surface area contributed by atoms with Crippen molar-refractivity contribution in [3.05, 3.63) is 29.3 Å². The van der Waals surface area contributed by atoms with Crippen LogP contribution in [0.1, 0.15) is 42.6 Å². The second-order valence-corrected chi connectivity index (χ2v) is 5.29. The number of benzene rings is 1. The number of carbonyl (C=O) groups is 2. The quantitative estimate of drug-likeness (QED) is 0.839. The van der Waals surface area contributed by atoms with Crippen molar-refractivity contribution in [2.24, 2.45) is 0 Å². The highest BCUT2D eigenvalue weighted by atomic mass is 16.5. The van der Waals surface area contributed by atoms with E-state index in [1.54, 1.807) is 17.0 Å². The Hall–Kier alpha value is -2.04. The first kappa shape index (κ1) is 17.0. The van der Waals surface area contributed by atoms with E-state index in [4.69, 9.17) is 9.84 Å². The minimum absolute atomic E-state index is 0.00323. The van der Waals surface area contributed by atoms with Crippen LogP contribution in [0.25, 0.3) is 0 Å². The SMILES string of the molecule is COc1ccc(C)cc1C(=O)N(CCCC(=O)O)C(C)C. The summed E-state index contributed by atoms with van der Waals surface area (Å²) in [6, 6.07) is 5.46. The van der Waals surface area contributed by atoms with Gasteiger partial charge in [-0.05, 0) is 39.3 Å². The molecular weight excluding hydrogens is 270 g/mol. The molecular formula is C16H23NO4. The topological polar surface area (TPSA) is 66.8 Å². The first-order valence-corrected chi connectivity index (χ1v) is 7.04. The highest BCUT2D eigenvalue weighted by molar-refractivity contribution is 5.97. The second kappa shape index (κ2) is 7.67. The Kier molecular flexibility index (Phi) is 6.21. The summed E-state index contributed by atoms with van der Waals surface area (Å²) < 4.78 is 5.25. The summed E-state index contributed by atoms with van der Waals surface area (Å²) in [5, 5.41) is 8.72. The maximum Gasteiger partial charge on any atom is 0.303 e. The van der Waals surface area contributed by atoms with Crippen LogP contribution in [0.3, 0.4) is 0 Å². The molecule has 0 aromatic heterocycles. The molecule has 1 aromatic rings. The van der Waals surface area contributed by atoms with Gasteiger partial charge in [0, 0.05) is 19.0 Å². The summed E-state index contributed by atoms with van der Waals surface area (Å²) in [5.41, 5.74) is 1.50. The van der Waals surface area contributed by atoms with Gasteiger partial charge in [0.2, 0.25) is 0 Å². The predicted octanol–water partition coefficient (Wildman–Crippen LogP) is 2.72. The van der Waals surface area contributed by atoms with Gasteiger partial charge < -0.3 is 14.7 Å². The van der Waals surface area contributed by atoms with Crippen molar-refractivity contribution in [3.8, 4) is 5.75 Å². The average molecular weight is 293 g/mol. The molecule has 0 unspecified atom stereocenters. The third-order valence-corrected chi connectivity index (χ3v) is 3.26. The number of amides is 1. The van der Waals surface area contributed by atoms with Crippen LogP contribution in [0.4, 0.5) is 0 Å². The number of aryl methyl sites for hydroxylation is 1. The largest absolute Gasteiger partial charge is 0.496 e. The zero-order chi connectivity index (χ0) is 16.0. The van der Waals surface area contributed by atoms with E-state index < -0.39 is 5.97 Å². The monoisotopic (exact) mass is 293 g/mol. The molecule has 0 fully saturated rings. The predicted molar refractivity (Wildman–Crippen MR) is 80.8 cm³/mol. The van der Waals surface area contributed by atoms with E-state index in [-0.39, 0.29) is 18.4 Å². The van der Waals surface area contributed by atoms with Crippen LogP contribution in [-0.2, 0) is 4.79 Å². The van der Waals surface area contributed by atoms with Crippen molar-refractivity contribution < 1.29 is 19.4 Å². The van der Waals surface area contributed by atoms with Gasteiger partial charge in [-0.1, -0.05) is 11.6 Å². The van der Waals surface area contributed by atoms with Gasteiger partial charge in [0.1, 0.15) is 5.75 Å². The summed E-state index contributed by atoms with van der Waals surface area (Å²) in [7, 11) is 1.53. The lowest BCUT2D eigenvalue weighted by Gasteiger charge is -2.27. The molecule has 5 heteroatoms. The van der Waals surface area contributed by atoms with Crippen molar-refractivity contribution in [1.82, 2.24) is 4.90 Å². The van der Waals surface area contributed by atoms with Crippen molar-refractivity contribution in [2.75, 3.05) is 13.7 Å². The van der Waals surface area contributed by atoms with Crippen LogP contribution in [0.15, 0.2) is 18.2 Å². The Labute approximate surface area is 125 Å². The first-order chi connectivity index (χ1) is 9.86. The molecule has 0 aliphatic rings. The van der Waals surface area contributed by atoms with E-state index >= 15 is 0 Å². The standard InChI is InChI=1S/C16H23NO4/c1-11(2)17(9-5-6-15(18)19)16(20)13-10-12(3)7-8-14(13)21-4/h7-8,10-11H,5-6,9H2,1-4H3,(H,18,19). The normalized spacial score (nSPS) is 10.5. The van der Waals surface area contributed by atoms with Gasteiger partial charge in [0.15, 0.2) is 0 Å². The minimum Gasteiger partial charge on any atom is -0.496 e. The van der Waals surface area contributed by atoms with Gasteiger partial charge in [-0.2, -0.15) is 0 Å². The number of carboxylic acids is 1. The van der Waals surface area contributed by atoms with E-state index in [1.165, 1.54) is 7.11 Å². The Morgan fingerprint density at radius 1 is 1.33 bits per heavy atom. The Morgan fingerprint density at radius 3 is 2.52 bits per heavy atom. The lowest BCUT2D eigenvalue weighted by atomic mass is 10.1. The molecule has 1 amide bonds. The smallest absolute Gasteiger partial charge is 0.303 e. The molecule has 0 bridgehead atoms. The van der Waals surface area contributed by atoms with Crippen LogP contribution in [0.2, 0.25) is 0 Å². The van der Waals surface area contributed by atoms with Gasteiger partial charge in [0.05, 0.1) is 12.7 Å². The van der Waals surface area contributed by atoms with Crippen LogP contribution in [0.5, 0.6) is 5.75 Å². The van der Waals surface area contributed by atoms with Crippen LogP contribution >= 0.6 is 0 Å². The Balaban J connectivity index is 2.95. The molecule has 0 aliphatic carbocycles. The molecule has 21 heavy (non-hydrogen) atoms. The zero-order valence-corrected chi connectivity index (χ0v) is 13.0. The maximum atomic E-state index is 12.7. The summed E-state index contributed by atoms with van der Waals surface area (Å²) in [5.74, 6) is -0.440. The Morgan fingerprint density at radius 2 is 2.00 bits per heavy atom. The number of nitrogens with zero attached hydrogens (tertiary/aromatic N) is 1.